The van der Waals surface area contributed by atoms with E-state index in [-0.39, 0.29) is 6.04 Å². The Hall–Kier alpha value is -2.73. The summed E-state index contributed by atoms with van der Waals surface area (Å²) in [5.41, 5.74) is 1.23. The van der Waals surface area contributed by atoms with Gasteiger partial charge in [-0.15, -0.1) is 0 Å². The van der Waals surface area contributed by atoms with Crippen LogP contribution in [-0.4, -0.2) is 35.8 Å². The van der Waals surface area contributed by atoms with Gasteiger partial charge in [0.15, 0.2) is 9.84 Å². The minimum absolute atomic E-state index is 0.325. The zero-order valence-electron chi connectivity index (χ0n) is 17.1. The van der Waals surface area contributed by atoms with Crippen LogP contribution in [0.1, 0.15) is 17.5 Å². The lowest BCUT2D eigenvalue weighted by atomic mass is 9.81. The average Bonchev–Trinajstić information content (AvgIpc) is 3.05. The summed E-state index contributed by atoms with van der Waals surface area (Å²) in [6, 6.07) is 28.2. The quantitative estimate of drug-likeness (QED) is 0.622. The van der Waals surface area contributed by atoms with Gasteiger partial charge in [-0.3, -0.25) is 4.90 Å². The average molecular weight is 432 g/mol. The van der Waals surface area contributed by atoms with Crippen molar-refractivity contribution in [3.8, 4) is 0 Å². The molecule has 4 atom stereocenters. The van der Waals surface area contributed by atoms with E-state index in [9.17, 15) is 13.5 Å². The highest BCUT2D eigenvalue weighted by Gasteiger charge is 2.60. The highest BCUT2D eigenvalue weighted by Crippen LogP contribution is 2.51. The fraction of sp³-hybridized carbons (Fsp3) is 0.231. The molecule has 3 aromatic rings. The molecule has 158 valence electrons. The normalized spacial score (nSPS) is 28.0. The van der Waals surface area contributed by atoms with Crippen molar-refractivity contribution in [2.24, 2.45) is 0 Å². The van der Waals surface area contributed by atoms with Crippen molar-refractivity contribution in [1.29, 1.82) is 0 Å². The molecule has 2 bridgehead atoms. The third kappa shape index (κ3) is 3.24. The summed E-state index contributed by atoms with van der Waals surface area (Å²) >= 11 is 0. The number of hydrogen-bond acceptors (Lipinski definition) is 4. The molecule has 0 saturated carbocycles. The maximum Gasteiger partial charge on any atom is 0.183 e. The zero-order valence-corrected chi connectivity index (χ0v) is 17.9. The summed E-state index contributed by atoms with van der Waals surface area (Å²) in [4.78, 5) is 2.52. The predicted molar refractivity (Wildman–Crippen MR) is 121 cm³/mol. The monoisotopic (exact) mass is 431 g/mol. The lowest BCUT2D eigenvalue weighted by Crippen LogP contribution is -2.53. The van der Waals surface area contributed by atoms with E-state index < -0.39 is 26.7 Å². The van der Waals surface area contributed by atoms with E-state index in [1.165, 1.54) is 0 Å². The Kier molecular flexibility index (Phi) is 5.05. The van der Waals surface area contributed by atoms with Crippen LogP contribution in [0.15, 0.2) is 108 Å². The number of aliphatic hydroxyl groups excluding tert-OH is 1. The molecule has 31 heavy (non-hydrogen) atoms. The van der Waals surface area contributed by atoms with E-state index in [0.29, 0.717) is 17.9 Å². The molecule has 4 nitrogen and oxygen atoms in total. The fourth-order valence-corrected chi connectivity index (χ4v) is 7.16. The Morgan fingerprint density at radius 2 is 1.42 bits per heavy atom. The van der Waals surface area contributed by atoms with Gasteiger partial charge in [-0.25, -0.2) is 8.42 Å². The molecule has 0 aromatic heterocycles. The van der Waals surface area contributed by atoms with Crippen LogP contribution in [0, 0.1) is 0 Å². The van der Waals surface area contributed by atoms with E-state index in [0.717, 1.165) is 11.1 Å². The largest absolute Gasteiger partial charge is 0.387 e. The standard InChI is InChI=1S/C26H25NO3S/c28-25-17-16-23-24(31(29,30)22-14-8-3-9-15-22)18-26(25,21-12-6-2-7-13-21)27(23)19-20-10-4-1-5-11-20/h1-17,23-25,28H,18-19H2/t23-,24+,25?,26+/m0/s1. The first kappa shape index (κ1) is 20.2. The molecule has 1 fully saturated rings. The number of fused-ring (bicyclic) bond motifs is 2. The summed E-state index contributed by atoms with van der Waals surface area (Å²) < 4.78 is 27.4. The lowest BCUT2D eigenvalue weighted by Gasteiger charge is -2.45. The number of sulfone groups is 1. The van der Waals surface area contributed by atoms with E-state index in [1.54, 1.807) is 30.3 Å². The second kappa shape index (κ2) is 7.75. The first-order valence-electron chi connectivity index (χ1n) is 10.5. The third-order valence-corrected chi connectivity index (χ3v) is 8.86. The van der Waals surface area contributed by atoms with Crippen LogP contribution in [0.4, 0.5) is 0 Å². The van der Waals surface area contributed by atoms with Crippen molar-refractivity contribution in [3.05, 3.63) is 114 Å². The Morgan fingerprint density at radius 1 is 0.839 bits per heavy atom. The van der Waals surface area contributed by atoms with Crippen molar-refractivity contribution in [2.75, 3.05) is 0 Å². The molecular weight excluding hydrogens is 406 g/mol. The first-order chi connectivity index (χ1) is 15.0. The summed E-state index contributed by atoms with van der Waals surface area (Å²) in [5.74, 6) is 0. The predicted octanol–water partition coefficient (Wildman–Crippen LogP) is 3.93. The third-order valence-electron chi connectivity index (χ3n) is 6.69. The van der Waals surface area contributed by atoms with Crippen molar-refractivity contribution in [3.63, 3.8) is 0 Å². The molecular formula is C26H25NO3S. The molecule has 3 aromatic carbocycles. The molecule has 1 N–H and O–H groups in total. The Bertz CT molecular complexity index is 1180. The molecule has 0 amide bonds. The SMILES string of the molecule is O=S(=O)(c1ccccc1)[C@@H]1C[C@@]2(c3ccccc3)C(O)C=C[C@@H]1N2Cc1ccccc1. The number of hydrogen-bond donors (Lipinski definition) is 1. The maximum atomic E-state index is 13.7. The summed E-state index contributed by atoms with van der Waals surface area (Å²) in [5, 5.41) is 10.6. The smallest absolute Gasteiger partial charge is 0.183 e. The molecule has 1 unspecified atom stereocenters. The molecule has 0 radical (unpaired) electrons. The Balaban J connectivity index is 1.66. The Morgan fingerprint density at radius 3 is 2.06 bits per heavy atom. The van der Waals surface area contributed by atoms with Crippen LogP contribution in [0.2, 0.25) is 0 Å². The van der Waals surface area contributed by atoms with Crippen molar-refractivity contribution >= 4 is 9.84 Å². The van der Waals surface area contributed by atoms with Crippen LogP contribution in [-0.2, 0) is 21.9 Å². The van der Waals surface area contributed by atoms with E-state index in [1.807, 2.05) is 72.8 Å². The van der Waals surface area contributed by atoms with Crippen LogP contribution in [0.3, 0.4) is 0 Å². The number of aliphatic hydroxyl groups is 1. The first-order valence-corrected chi connectivity index (χ1v) is 12.1. The van der Waals surface area contributed by atoms with E-state index in [4.69, 9.17) is 0 Å². The summed E-state index contributed by atoms with van der Waals surface area (Å²) in [6.07, 6.45) is 3.19. The van der Waals surface area contributed by atoms with Gasteiger partial charge < -0.3 is 5.11 Å². The van der Waals surface area contributed by atoms with Gasteiger partial charge in [0.05, 0.1) is 21.8 Å². The van der Waals surface area contributed by atoms with Gasteiger partial charge in [0.1, 0.15) is 0 Å². The summed E-state index contributed by atoms with van der Waals surface area (Å²) in [6.45, 7) is 0.558. The van der Waals surface area contributed by atoms with Crippen molar-refractivity contribution in [2.45, 2.75) is 40.8 Å². The second-order valence-corrected chi connectivity index (χ2v) is 10.5. The minimum atomic E-state index is -3.59. The van der Waals surface area contributed by atoms with Crippen molar-refractivity contribution in [1.82, 2.24) is 4.90 Å². The van der Waals surface area contributed by atoms with E-state index in [2.05, 4.69) is 4.90 Å². The van der Waals surface area contributed by atoms with Gasteiger partial charge in [0.2, 0.25) is 0 Å². The molecule has 2 aliphatic rings. The highest BCUT2D eigenvalue weighted by atomic mass is 32.2. The van der Waals surface area contributed by atoms with E-state index >= 15 is 0 Å². The zero-order chi connectivity index (χ0) is 21.5. The van der Waals surface area contributed by atoms with Gasteiger partial charge in [-0.05, 0) is 29.7 Å². The second-order valence-electron chi connectivity index (χ2n) is 8.32. The van der Waals surface area contributed by atoms with Gasteiger partial charge in [0, 0.05) is 12.6 Å². The molecule has 2 aliphatic heterocycles. The van der Waals surface area contributed by atoms with Gasteiger partial charge in [0.25, 0.3) is 0 Å². The van der Waals surface area contributed by atoms with Gasteiger partial charge >= 0.3 is 0 Å². The van der Waals surface area contributed by atoms with Crippen molar-refractivity contribution < 1.29 is 13.5 Å². The van der Waals surface area contributed by atoms with Crippen LogP contribution < -0.4 is 0 Å². The molecule has 2 heterocycles. The molecule has 1 saturated heterocycles. The molecule has 0 spiro atoms. The number of nitrogens with zero attached hydrogens (tertiary/aromatic N) is 1. The fourth-order valence-electron chi connectivity index (χ4n) is 5.19. The molecule has 0 aliphatic carbocycles. The van der Waals surface area contributed by atoms with Crippen LogP contribution in [0.5, 0.6) is 0 Å². The minimum Gasteiger partial charge on any atom is -0.387 e. The number of benzene rings is 3. The van der Waals surface area contributed by atoms with Gasteiger partial charge in [-0.1, -0.05) is 91.0 Å². The maximum absolute atomic E-state index is 13.7. The number of rotatable bonds is 5. The topological polar surface area (TPSA) is 57.6 Å². The van der Waals surface area contributed by atoms with Gasteiger partial charge in [-0.2, -0.15) is 0 Å². The summed E-state index contributed by atoms with van der Waals surface area (Å²) in [7, 11) is -3.59. The lowest BCUT2D eigenvalue weighted by molar-refractivity contribution is -0.00906. The Labute approximate surface area is 183 Å². The highest BCUT2D eigenvalue weighted by molar-refractivity contribution is 7.92. The molecule has 5 heteroatoms. The molecule has 5 rings (SSSR count). The van der Waals surface area contributed by atoms with Crippen LogP contribution >= 0.6 is 0 Å². The van der Waals surface area contributed by atoms with Crippen LogP contribution in [0.25, 0.3) is 0 Å².